The smallest absolute Gasteiger partial charge is 0.231 e. The van der Waals surface area contributed by atoms with E-state index in [1.165, 1.54) is 16.6 Å². The highest BCUT2D eigenvalue weighted by Crippen LogP contribution is 2.31. The zero-order valence-electron chi connectivity index (χ0n) is 9.07. The molecule has 16 heavy (non-hydrogen) atoms. The van der Waals surface area contributed by atoms with E-state index in [0.717, 1.165) is 18.4 Å². The van der Waals surface area contributed by atoms with Crippen molar-refractivity contribution in [3.63, 3.8) is 0 Å². The molecule has 82 valence electrons. The highest BCUT2D eigenvalue weighted by atomic mass is 16.2. The molecule has 2 heterocycles. The van der Waals surface area contributed by atoms with Gasteiger partial charge in [-0.25, -0.2) is 0 Å². The van der Waals surface area contributed by atoms with E-state index in [0.29, 0.717) is 13.0 Å². The quantitative estimate of drug-likeness (QED) is 0.827. The summed E-state index contributed by atoms with van der Waals surface area (Å²) in [6, 6.07) is 8.09. The number of nitrogens with zero attached hydrogens (tertiary/aromatic N) is 1. The fourth-order valence-corrected chi connectivity index (χ4v) is 2.67. The van der Waals surface area contributed by atoms with E-state index in [2.05, 4.69) is 6.07 Å². The zero-order valence-corrected chi connectivity index (χ0v) is 9.07. The van der Waals surface area contributed by atoms with E-state index in [1.54, 1.807) is 0 Å². The second kappa shape index (κ2) is 3.46. The normalized spacial score (nSPS) is 14.7. The van der Waals surface area contributed by atoms with Crippen LogP contribution in [-0.2, 0) is 12.8 Å². The van der Waals surface area contributed by atoms with E-state index in [4.69, 9.17) is 5.73 Å². The molecule has 1 aliphatic heterocycles. The van der Waals surface area contributed by atoms with Crippen LogP contribution in [-0.4, -0.2) is 17.0 Å². The highest BCUT2D eigenvalue weighted by Gasteiger charge is 2.25. The molecule has 3 nitrogen and oxygen atoms in total. The molecule has 0 atom stereocenters. The Morgan fingerprint density at radius 2 is 2.06 bits per heavy atom. The molecule has 1 aromatic heterocycles. The van der Waals surface area contributed by atoms with Crippen molar-refractivity contribution in [1.29, 1.82) is 0 Å². The molecule has 3 rings (SSSR count). The van der Waals surface area contributed by atoms with Crippen LogP contribution in [0, 0.1) is 0 Å². The Morgan fingerprint density at radius 1 is 1.25 bits per heavy atom. The molecule has 0 spiro atoms. The molecular weight excluding hydrogens is 200 g/mol. The molecule has 0 saturated heterocycles. The molecule has 0 unspecified atom stereocenters. The van der Waals surface area contributed by atoms with Crippen molar-refractivity contribution in [2.75, 3.05) is 6.54 Å². The van der Waals surface area contributed by atoms with Crippen LogP contribution in [0.15, 0.2) is 24.3 Å². The highest BCUT2D eigenvalue weighted by molar-refractivity contribution is 5.98. The monoisotopic (exact) mass is 214 g/mol. The topological polar surface area (TPSA) is 48.0 Å². The first-order chi connectivity index (χ1) is 7.83. The van der Waals surface area contributed by atoms with Crippen molar-refractivity contribution < 1.29 is 4.79 Å². The Bertz CT molecular complexity index is 569. The molecule has 3 heteroatoms. The summed E-state index contributed by atoms with van der Waals surface area (Å²) >= 11 is 0. The maximum atomic E-state index is 11.8. The van der Waals surface area contributed by atoms with Crippen LogP contribution in [0.4, 0.5) is 0 Å². The summed E-state index contributed by atoms with van der Waals surface area (Å²) in [5.41, 5.74) is 9.14. The lowest BCUT2D eigenvalue weighted by molar-refractivity contribution is 0.0928. The molecule has 1 aromatic carbocycles. The third-order valence-electron chi connectivity index (χ3n) is 3.31. The van der Waals surface area contributed by atoms with Crippen LogP contribution >= 0.6 is 0 Å². The zero-order chi connectivity index (χ0) is 11.1. The van der Waals surface area contributed by atoms with Crippen molar-refractivity contribution in [2.24, 2.45) is 5.73 Å². The average molecular weight is 214 g/mol. The number of carbonyl (C=O) groups is 1. The van der Waals surface area contributed by atoms with Crippen LogP contribution in [0.2, 0.25) is 0 Å². The van der Waals surface area contributed by atoms with E-state index in [9.17, 15) is 4.79 Å². The third kappa shape index (κ3) is 1.15. The summed E-state index contributed by atoms with van der Waals surface area (Å²) < 4.78 is 1.88. The number of rotatable bonds is 2. The molecule has 0 aliphatic carbocycles. The predicted octanol–water partition coefficient (Wildman–Crippen LogP) is 1.73. The number of aromatic nitrogens is 1. The van der Waals surface area contributed by atoms with Gasteiger partial charge in [-0.2, -0.15) is 0 Å². The Kier molecular flexibility index (Phi) is 2.07. The molecule has 0 amide bonds. The van der Waals surface area contributed by atoms with Crippen LogP contribution in [0.1, 0.15) is 22.5 Å². The van der Waals surface area contributed by atoms with Gasteiger partial charge >= 0.3 is 0 Å². The predicted molar refractivity (Wildman–Crippen MR) is 63.6 cm³/mol. The van der Waals surface area contributed by atoms with Crippen LogP contribution in [0.5, 0.6) is 0 Å². The number of para-hydroxylation sites is 1. The summed E-state index contributed by atoms with van der Waals surface area (Å²) in [6.07, 6.45) is 2.36. The lowest BCUT2D eigenvalue weighted by Gasteiger charge is -1.98. The number of benzene rings is 1. The molecule has 2 N–H and O–H groups in total. The second-order valence-corrected chi connectivity index (χ2v) is 4.21. The van der Waals surface area contributed by atoms with Crippen molar-refractivity contribution in [2.45, 2.75) is 19.3 Å². The Morgan fingerprint density at radius 3 is 2.88 bits per heavy atom. The van der Waals surface area contributed by atoms with Crippen molar-refractivity contribution in [3.8, 4) is 0 Å². The Labute approximate surface area is 93.9 Å². The molecule has 0 saturated carbocycles. The van der Waals surface area contributed by atoms with Gasteiger partial charge in [-0.05, 0) is 31.0 Å². The lowest BCUT2D eigenvalue weighted by atomic mass is 10.1. The molecular formula is C13H14N2O. The first-order valence-corrected chi connectivity index (χ1v) is 5.67. The summed E-state index contributed by atoms with van der Waals surface area (Å²) in [7, 11) is 0. The summed E-state index contributed by atoms with van der Waals surface area (Å²) in [5.74, 6) is 0.217. The van der Waals surface area contributed by atoms with Gasteiger partial charge < -0.3 is 5.73 Å². The minimum Gasteiger partial charge on any atom is -0.330 e. The number of hydrogen-bond acceptors (Lipinski definition) is 2. The van der Waals surface area contributed by atoms with E-state index < -0.39 is 0 Å². The third-order valence-corrected chi connectivity index (χ3v) is 3.31. The van der Waals surface area contributed by atoms with Gasteiger partial charge in [-0.3, -0.25) is 9.36 Å². The maximum absolute atomic E-state index is 11.8. The van der Waals surface area contributed by atoms with Gasteiger partial charge in [0.05, 0.1) is 5.52 Å². The van der Waals surface area contributed by atoms with E-state index >= 15 is 0 Å². The summed E-state index contributed by atoms with van der Waals surface area (Å²) in [5, 5.41) is 1.19. The van der Waals surface area contributed by atoms with Crippen LogP contribution in [0.3, 0.4) is 0 Å². The van der Waals surface area contributed by atoms with Crippen molar-refractivity contribution in [1.82, 2.24) is 4.57 Å². The van der Waals surface area contributed by atoms with Crippen LogP contribution in [0.25, 0.3) is 10.9 Å². The fraction of sp³-hybridized carbons (Fsp3) is 0.308. The Balaban J connectivity index is 2.36. The van der Waals surface area contributed by atoms with E-state index in [1.807, 2.05) is 22.8 Å². The summed E-state index contributed by atoms with van der Waals surface area (Å²) in [6.45, 7) is 0.634. The van der Waals surface area contributed by atoms with Gasteiger partial charge in [-0.1, -0.05) is 18.2 Å². The lowest BCUT2D eigenvalue weighted by Crippen LogP contribution is -2.05. The molecule has 0 radical (unpaired) electrons. The molecule has 2 aromatic rings. The molecule has 0 bridgehead atoms. The van der Waals surface area contributed by atoms with Crippen molar-refractivity contribution in [3.05, 3.63) is 35.5 Å². The molecule has 1 aliphatic rings. The molecule has 0 fully saturated rings. The first kappa shape index (κ1) is 9.60. The van der Waals surface area contributed by atoms with Gasteiger partial charge in [0.2, 0.25) is 5.91 Å². The standard InChI is InChI=1S/C13H14N2O/c14-8-7-10-9-3-1-2-4-11(9)15-12(10)5-6-13(15)16/h1-4H,5-8,14H2. The van der Waals surface area contributed by atoms with Gasteiger partial charge in [0.15, 0.2) is 0 Å². The number of nitrogens with two attached hydrogens (primary N) is 1. The van der Waals surface area contributed by atoms with Gasteiger partial charge in [0, 0.05) is 17.5 Å². The largest absolute Gasteiger partial charge is 0.330 e. The minimum atomic E-state index is 0.217. The maximum Gasteiger partial charge on any atom is 0.231 e. The van der Waals surface area contributed by atoms with Crippen LogP contribution < -0.4 is 5.73 Å². The average Bonchev–Trinajstić information content (AvgIpc) is 2.81. The second-order valence-electron chi connectivity index (χ2n) is 4.21. The first-order valence-electron chi connectivity index (χ1n) is 5.67. The van der Waals surface area contributed by atoms with Crippen molar-refractivity contribution >= 4 is 16.8 Å². The van der Waals surface area contributed by atoms with Gasteiger partial charge in [0.1, 0.15) is 0 Å². The number of carbonyl (C=O) groups excluding carboxylic acids is 1. The number of hydrogen-bond donors (Lipinski definition) is 1. The van der Waals surface area contributed by atoms with Gasteiger partial charge in [0.25, 0.3) is 0 Å². The fourth-order valence-electron chi connectivity index (χ4n) is 2.67. The SMILES string of the molecule is NCCc1c2n(c3ccccc13)C(=O)CC2. The summed E-state index contributed by atoms with van der Waals surface area (Å²) in [4.78, 5) is 11.8. The van der Waals surface area contributed by atoms with E-state index in [-0.39, 0.29) is 5.91 Å². The minimum absolute atomic E-state index is 0.217. The Hall–Kier alpha value is -1.61. The number of fused-ring (bicyclic) bond motifs is 3. The van der Waals surface area contributed by atoms with Gasteiger partial charge in [-0.15, -0.1) is 0 Å².